The molecular weight excluding hydrogens is 218 g/mol. The summed E-state index contributed by atoms with van der Waals surface area (Å²) in [6.45, 7) is 4.86. The van der Waals surface area contributed by atoms with Gasteiger partial charge in [-0.1, -0.05) is 18.0 Å². The summed E-state index contributed by atoms with van der Waals surface area (Å²) in [7, 11) is 0. The summed E-state index contributed by atoms with van der Waals surface area (Å²) in [5, 5.41) is 3.99. The molecule has 1 atom stereocenters. The van der Waals surface area contributed by atoms with Gasteiger partial charge in [-0.25, -0.2) is 0 Å². The molecule has 5 heteroatoms. The number of hydrogen-bond acceptors (Lipinski definition) is 5. The first-order valence-electron chi connectivity index (χ1n) is 6.34. The Morgan fingerprint density at radius 1 is 1.47 bits per heavy atom. The van der Waals surface area contributed by atoms with E-state index in [0.717, 1.165) is 18.7 Å². The number of hydrogen-bond donors (Lipinski definition) is 1. The van der Waals surface area contributed by atoms with Crippen molar-refractivity contribution in [1.29, 1.82) is 0 Å². The van der Waals surface area contributed by atoms with Crippen molar-refractivity contribution < 1.29 is 9.26 Å². The third-order valence-electron chi connectivity index (χ3n) is 3.26. The normalized spacial score (nSPS) is 20.6. The van der Waals surface area contributed by atoms with Gasteiger partial charge in [-0.2, -0.15) is 4.98 Å². The van der Waals surface area contributed by atoms with E-state index in [0.29, 0.717) is 25.0 Å². The Balaban J connectivity index is 2.05. The molecule has 1 saturated carbocycles. The summed E-state index contributed by atoms with van der Waals surface area (Å²) in [5.74, 6) is 1.72. The summed E-state index contributed by atoms with van der Waals surface area (Å²) in [4.78, 5) is 4.43. The quantitative estimate of drug-likeness (QED) is 0.850. The summed E-state index contributed by atoms with van der Waals surface area (Å²) < 4.78 is 10.7. The van der Waals surface area contributed by atoms with Gasteiger partial charge in [0.05, 0.1) is 6.61 Å². The summed E-state index contributed by atoms with van der Waals surface area (Å²) in [6.07, 6.45) is 4.80. The minimum Gasteiger partial charge on any atom is -0.379 e. The Morgan fingerprint density at radius 3 is 2.82 bits per heavy atom. The number of nitrogens with zero attached hydrogens (tertiary/aromatic N) is 2. The van der Waals surface area contributed by atoms with Crippen molar-refractivity contribution in [2.45, 2.75) is 51.0 Å². The standard InChI is InChI=1S/C12H21N3O2/c1-3-16-8-12(2,13)11-14-10(17-15-11)9-6-4-5-7-9/h9H,3-8,13H2,1-2H3. The molecule has 0 radical (unpaired) electrons. The van der Waals surface area contributed by atoms with Gasteiger partial charge in [0.2, 0.25) is 5.89 Å². The van der Waals surface area contributed by atoms with Crippen LogP contribution in [0.1, 0.15) is 57.2 Å². The zero-order valence-electron chi connectivity index (χ0n) is 10.6. The lowest BCUT2D eigenvalue weighted by Crippen LogP contribution is -2.39. The Bertz CT molecular complexity index is 356. The topological polar surface area (TPSA) is 74.2 Å². The highest BCUT2D eigenvalue weighted by atomic mass is 16.5. The molecule has 1 aromatic rings. The third-order valence-corrected chi connectivity index (χ3v) is 3.26. The van der Waals surface area contributed by atoms with Crippen molar-refractivity contribution in [3.05, 3.63) is 11.7 Å². The lowest BCUT2D eigenvalue weighted by Gasteiger charge is -2.19. The van der Waals surface area contributed by atoms with E-state index in [9.17, 15) is 0 Å². The average molecular weight is 239 g/mol. The van der Waals surface area contributed by atoms with Gasteiger partial charge in [0.1, 0.15) is 5.54 Å². The Morgan fingerprint density at radius 2 is 2.18 bits per heavy atom. The first kappa shape index (κ1) is 12.5. The molecule has 1 aliphatic carbocycles. The van der Waals surface area contributed by atoms with Crippen molar-refractivity contribution in [3.63, 3.8) is 0 Å². The van der Waals surface area contributed by atoms with E-state index in [4.69, 9.17) is 15.0 Å². The van der Waals surface area contributed by atoms with E-state index in [-0.39, 0.29) is 0 Å². The van der Waals surface area contributed by atoms with Gasteiger partial charge >= 0.3 is 0 Å². The van der Waals surface area contributed by atoms with Gasteiger partial charge in [0.25, 0.3) is 0 Å². The molecule has 0 saturated heterocycles. The highest BCUT2D eigenvalue weighted by Crippen LogP contribution is 2.33. The second-order valence-electron chi connectivity index (χ2n) is 4.99. The predicted molar refractivity (Wildman–Crippen MR) is 63.5 cm³/mol. The lowest BCUT2D eigenvalue weighted by molar-refractivity contribution is 0.0962. The number of ether oxygens (including phenoxy) is 1. The van der Waals surface area contributed by atoms with Crippen LogP contribution in [0, 0.1) is 0 Å². The van der Waals surface area contributed by atoms with Gasteiger partial charge in [0.15, 0.2) is 5.82 Å². The Hall–Kier alpha value is -0.940. The smallest absolute Gasteiger partial charge is 0.229 e. The fraction of sp³-hybridized carbons (Fsp3) is 0.833. The molecular formula is C12H21N3O2. The van der Waals surface area contributed by atoms with Gasteiger partial charge in [0, 0.05) is 12.5 Å². The molecule has 2 rings (SSSR count). The predicted octanol–water partition coefficient (Wildman–Crippen LogP) is 1.94. The highest BCUT2D eigenvalue weighted by molar-refractivity contribution is 5.04. The van der Waals surface area contributed by atoms with Crippen molar-refractivity contribution in [2.24, 2.45) is 5.73 Å². The second kappa shape index (κ2) is 5.14. The Kier molecular flexibility index (Phi) is 3.79. The van der Waals surface area contributed by atoms with Crippen molar-refractivity contribution in [1.82, 2.24) is 10.1 Å². The number of rotatable bonds is 5. The summed E-state index contributed by atoms with van der Waals surface area (Å²) in [6, 6.07) is 0. The average Bonchev–Trinajstić information content (AvgIpc) is 2.95. The van der Waals surface area contributed by atoms with Gasteiger partial charge in [-0.3, -0.25) is 0 Å². The summed E-state index contributed by atoms with van der Waals surface area (Å²) in [5.41, 5.74) is 5.46. The van der Waals surface area contributed by atoms with E-state index >= 15 is 0 Å². The van der Waals surface area contributed by atoms with Gasteiger partial charge in [-0.05, 0) is 26.7 Å². The van der Waals surface area contributed by atoms with Crippen LogP contribution in [-0.2, 0) is 10.3 Å². The molecule has 0 aliphatic heterocycles. The Labute approximate surface area is 102 Å². The molecule has 96 valence electrons. The van der Waals surface area contributed by atoms with E-state index in [1.54, 1.807) is 0 Å². The minimum atomic E-state index is -0.670. The second-order valence-corrected chi connectivity index (χ2v) is 4.99. The maximum atomic E-state index is 6.13. The lowest BCUT2D eigenvalue weighted by atomic mass is 10.0. The van der Waals surface area contributed by atoms with Crippen LogP contribution in [0.5, 0.6) is 0 Å². The molecule has 2 N–H and O–H groups in total. The molecule has 0 spiro atoms. The third kappa shape index (κ3) is 2.84. The SMILES string of the molecule is CCOCC(C)(N)c1noc(C2CCCC2)n1. The van der Waals surface area contributed by atoms with Crippen LogP contribution in [0.15, 0.2) is 4.52 Å². The molecule has 1 fully saturated rings. The van der Waals surface area contributed by atoms with E-state index < -0.39 is 5.54 Å². The van der Waals surface area contributed by atoms with Crippen molar-refractivity contribution >= 4 is 0 Å². The number of nitrogens with two attached hydrogens (primary N) is 1. The van der Waals surface area contributed by atoms with Crippen LogP contribution in [0.4, 0.5) is 0 Å². The zero-order valence-corrected chi connectivity index (χ0v) is 10.6. The highest BCUT2D eigenvalue weighted by Gasteiger charge is 2.30. The molecule has 0 amide bonds. The zero-order chi connectivity index (χ0) is 12.3. The van der Waals surface area contributed by atoms with Crippen LogP contribution >= 0.6 is 0 Å². The molecule has 0 bridgehead atoms. The van der Waals surface area contributed by atoms with E-state index in [1.807, 2.05) is 13.8 Å². The van der Waals surface area contributed by atoms with Crippen LogP contribution in [0.3, 0.4) is 0 Å². The molecule has 5 nitrogen and oxygen atoms in total. The van der Waals surface area contributed by atoms with Crippen LogP contribution in [-0.4, -0.2) is 23.4 Å². The largest absolute Gasteiger partial charge is 0.379 e. The van der Waals surface area contributed by atoms with Gasteiger partial charge < -0.3 is 15.0 Å². The molecule has 1 aliphatic rings. The first-order valence-corrected chi connectivity index (χ1v) is 6.34. The van der Waals surface area contributed by atoms with Crippen molar-refractivity contribution in [3.8, 4) is 0 Å². The van der Waals surface area contributed by atoms with Crippen LogP contribution < -0.4 is 5.73 Å². The maximum absolute atomic E-state index is 6.13. The molecule has 1 heterocycles. The van der Waals surface area contributed by atoms with E-state index in [2.05, 4.69) is 10.1 Å². The monoisotopic (exact) mass is 239 g/mol. The molecule has 1 aromatic heterocycles. The molecule has 0 aromatic carbocycles. The first-order chi connectivity index (χ1) is 8.13. The summed E-state index contributed by atoms with van der Waals surface area (Å²) >= 11 is 0. The van der Waals surface area contributed by atoms with E-state index in [1.165, 1.54) is 12.8 Å². The number of aromatic nitrogens is 2. The van der Waals surface area contributed by atoms with Crippen LogP contribution in [0.25, 0.3) is 0 Å². The van der Waals surface area contributed by atoms with Gasteiger partial charge in [-0.15, -0.1) is 0 Å². The van der Waals surface area contributed by atoms with Crippen molar-refractivity contribution in [2.75, 3.05) is 13.2 Å². The maximum Gasteiger partial charge on any atom is 0.229 e. The molecule has 17 heavy (non-hydrogen) atoms. The fourth-order valence-electron chi connectivity index (χ4n) is 2.18. The minimum absolute atomic E-state index is 0.410. The van der Waals surface area contributed by atoms with Crippen LogP contribution in [0.2, 0.25) is 0 Å². The fourth-order valence-corrected chi connectivity index (χ4v) is 2.18. The molecule has 1 unspecified atom stereocenters.